The van der Waals surface area contributed by atoms with Crippen molar-refractivity contribution in [1.82, 2.24) is 14.3 Å². The van der Waals surface area contributed by atoms with Gasteiger partial charge in [0.25, 0.3) is 0 Å². The zero-order chi connectivity index (χ0) is 25.0. The van der Waals surface area contributed by atoms with Gasteiger partial charge in [-0.3, -0.25) is 0 Å². The van der Waals surface area contributed by atoms with Crippen LogP contribution in [0, 0.1) is 13.8 Å². The van der Waals surface area contributed by atoms with E-state index in [2.05, 4.69) is 36.9 Å². The van der Waals surface area contributed by atoms with Crippen molar-refractivity contribution in [3.05, 3.63) is 76.5 Å². The van der Waals surface area contributed by atoms with Crippen LogP contribution in [0.1, 0.15) is 34.9 Å². The molecular formula is C27H34N4O3S. The zero-order valence-electron chi connectivity index (χ0n) is 21.0. The Bertz CT molecular complexity index is 1270. The van der Waals surface area contributed by atoms with Crippen molar-refractivity contribution in [2.24, 2.45) is 0 Å². The van der Waals surface area contributed by atoms with Gasteiger partial charge in [-0.05, 0) is 31.9 Å². The summed E-state index contributed by atoms with van der Waals surface area (Å²) in [5, 5.41) is 0. The molecule has 2 aromatic carbocycles. The van der Waals surface area contributed by atoms with E-state index >= 15 is 0 Å². The van der Waals surface area contributed by atoms with E-state index < -0.39 is 10.0 Å². The second-order valence-electron chi connectivity index (χ2n) is 8.99. The summed E-state index contributed by atoms with van der Waals surface area (Å²) >= 11 is 0. The van der Waals surface area contributed by atoms with Gasteiger partial charge in [0.1, 0.15) is 5.82 Å². The average Bonchev–Trinajstić information content (AvgIpc) is 2.87. The molecule has 7 nitrogen and oxygen atoms in total. The number of aryl methyl sites for hydroxylation is 2. The van der Waals surface area contributed by atoms with Gasteiger partial charge < -0.3 is 9.64 Å². The molecule has 1 aromatic heterocycles. The molecule has 0 saturated carbocycles. The molecule has 0 unspecified atom stereocenters. The molecule has 8 heteroatoms. The third-order valence-corrected chi connectivity index (χ3v) is 8.43. The molecule has 0 N–H and O–H groups in total. The van der Waals surface area contributed by atoms with Crippen LogP contribution in [0.4, 0.5) is 5.82 Å². The molecule has 3 aromatic rings. The molecule has 0 spiro atoms. The third kappa shape index (κ3) is 5.72. The Hall–Kier alpha value is -2.81. The summed E-state index contributed by atoms with van der Waals surface area (Å²) < 4.78 is 32.0. The van der Waals surface area contributed by atoms with Crippen molar-refractivity contribution in [2.45, 2.75) is 33.8 Å². The van der Waals surface area contributed by atoms with E-state index in [9.17, 15) is 8.42 Å². The molecule has 1 saturated heterocycles. The van der Waals surface area contributed by atoms with Crippen molar-refractivity contribution < 1.29 is 13.2 Å². The fraction of sp³-hybridized carbons (Fsp3) is 0.407. The number of nitrogens with zero attached hydrogens (tertiary/aromatic N) is 4. The van der Waals surface area contributed by atoms with Crippen molar-refractivity contribution in [2.75, 3.05) is 43.9 Å². The average molecular weight is 495 g/mol. The zero-order valence-corrected chi connectivity index (χ0v) is 21.8. The normalized spacial score (nSPS) is 14.9. The molecule has 0 bridgehead atoms. The summed E-state index contributed by atoms with van der Waals surface area (Å²) in [6.07, 6.45) is 0.685. The number of hydrogen-bond acceptors (Lipinski definition) is 6. The highest BCUT2D eigenvalue weighted by atomic mass is 32.2. The highest BCUT2D eigenvalue weighted by Gasteiger charge is 2.28. The minimum atomic E-state index is -3.21. The summed E-state index contributed by atoms with van der Waals surface area (Å²) in [6, 6.07) is 16.4. The summed E-state index contributed by atoms with van der Waals surface area (Å²) in [5.74, 6) is 1.63. The van der Waals surface area contributed by atoms with Gasteiger partial charge in [-0.25, -0.2) is 18.4 Å². The maximum absolute atomic E-state index is 12.4. The first-order chi connectivity index (χ1) is 16.8. The van der Waals surface area contributed by atoms with Crippen LogP contribution in [0.3, 0.4) is 0 Å². The maximum Gasteiger partial charge on any atom is 0.213 e. The Kier molecular flexibility index (Phi) is 7.84. The van der Waals surface area contributed by atoms with E-state index in [1.807, 2.05) is 30.3 Å². The summed E-state index contributed by atoms with van der Waals surface area (Å²) in [7, 11) is -1.53. The van der Waals surface area contributed by atoms with Gasteiger partial charge in [-0.2, -0.15) is 4.31 Å². The minimum absolute atomic E-state index is 0.120. The standard InChI is InChI=1S/C27H34N4O3S/c1-5-35(32,33)31-15-13-30(14-16-31)27-24(18-23-17-20(2)11-12-21(23)3)25(19-34-4)28-26(29-27)22-9-7-6-8-10-22/h6-12,17H,5,13-16,18-19H2,1-4H3. The molecule has 1 fully saturated rings. The highest BCUT2D eigenvalue weighted by molar-refractivity contribution is 7.89. The second kappa shape index (κ2) is 10.8. The number of methoxy groups -OCH3 is 1. The Morgan fingerprint density at radius 3 is 2.34 bits per heavy atom. The Balaban J connectivity index is 1.80. The fourth-order valence-corrected chi connectivity index (χ4v) is 5.56. The van der Waals surface area contributed by atoms with Crippen LogP contribution in [-0.2, 0) is 27.8 Å². The predicted octanol–water partition coefficient (Wildman–Crippen LogP) is 3.97. The smallest absolute Gasteiger partial charge is 0.213 e. The Morgan fingerprint density at radius 2 is 1.69 bits per heavy atom. The number of anilines is 1. The molecule has 1 aliphatic rings. The van der Waals surface area contributed by atoms with Gasteiger partial charge in [-0.15, -0.1) is 0 Å². The van der Waals surface area contributed by atoms with Crippen molar-refractivity contribution >= 4 is 15.8 Å². The number of sulfonamides is 1. The van der Waals surface area contributed by atoms with Crippen LogP contribution >= 0.6 is 0 Å². The van der Waals surface area contributed by atoms with E-state index in [0.29, 0.717) is 45.0 Å². The SMILES string of the molecule is CCS(=O)(=O)N1CCN(c2nc(-c3ccccc3)nc(COC)c2Cc2cc(C)ccc2C)CC1. The van der Waals surface area contributed by atoms with Gasteiger partial charge in [0.05, 0.1) is 18.1 Å². The number of rotatable bonds is 8. The van der Waals surface area contributed by atoms with Crippen LogP contribution in [-0.4, -0.2) is 61.7 Å². The number of piperazine rings is 1. The first-order valence-corrected chi connectivity index (χ1v) is 13.7. The molecule has 0 radical (unpaired) electrons. The third-order valence-electron chi connectivity index (χ3n) is 6.55. The molecule has 0 amide bonds. The molecule has 1 aliphatic heterocycles. The van der Waals surface area contributed by atoms with E-state index in [1.165, 1.54) is 16.7 Å². The number of hydrogen-bond donors (Lipinski definition) is 0. The predicted molar refractivity (Wildman–Crippen MR) is 140 cm³/mol. The van der Waals surface area contributed by atoms with Crippen LogP contribution in [0.2, 0.25) is 0 Å². The maximum atomic E-state index is 12.4. The molecule has 35 heavy (non-hydrogen) atoms. The number of ether oxygens (including phenoxy) is 1. The van der Waals surface area contributed by atoms with Gasteiger partial charge in [0.15, 0.2) is 5.82 Å². The number of benzene rings is 2. The summed E-state index contributed by atoms with van der Waals surface area (Å²) in [4.78, 5) is 12.2. The molecule has 0 atom stereocenters. The van der Waals surface area contributed by atoms with E-state index in [-0.39, 0.29) is 5.75 Å². The summed E-state index contributed by atoms with van der Waals surface area (Å²) in [6.45, 7) is 8.35. The first-order valence-electron chi connectivity index (χ1n) is 12.1. The van der Waals surface area contributed by atoms with E-state index in [0.717, 1.165) is 22.6 Å². The largest absolute Gasteiger partial charge is 0.378 e. The second-order valence-corrected chi connectivity index (χ2v) is 11.2. The molecule has 2 heterocycles. The Labute approximate surface area is 208 Å². The van der Waals surface area contributed by atoms with Gasteiger partial charge >= 0.3 is 0 Å². The minimum Gasteiger partial charge on any atom is -0.378 e. The van der Waals surface area contributed by atoms with Crippen molar-refractivity contribution in [3.8, 4) is 11.4 Å². The molecule has 0 aliphatic carbocycles. The topological polar surface area (TPSA) is 75.6 Å². The fourth-order valence-electron chi connectivity index (χ4n) is 4.47. The Morgan fingerprint density at radius 1 is 0.971 bits per heavy atom. The molecule has 4 rings (SSSR count). The first kappa shape index (κ1) is 25.3. The van der Waals surface area contributed by atoms with E-state index in [4.69, 9.17) is 14.7 Å². The van der Waals surface area contributed by atoms with Crippen LogP contribution < -0.4 is 4.90 Å². The lowest BCUT2D eigenvalue weighted by molar-refractivity contribution is 0.180. The lowest BCUT2D eigenvalue weighted by atomic mass is 9.97. The van der Waals surface area contributed by atoms with E-state index in [1.54, 1.807) is 18.3 Å². The number of aromatic nitrogens is 2. The summed E-state index contributed by atoms with van der Waals surface area (Å²) in [5.41, 5.74) is 6.49. The van der Waals surface area contributed by atoms with Gasteiger partial charge in [-0.1, -0.05) is 54.1 Å². The lowest BCUT2D eigenvalue weighted by Gasteiger charge is -2.36. The molecular weight excluding hydrogens is 460 g/mol. The monoisotopic (exact) mass is 494 g/mol. The van der Waals surface area contributed by atoms with Crippen LogP contribution in [0.5, 0.6) is 0 Å². The molecule has 186 valence electrons. The van der Waals surface area contributed by atoms with Crippen molar-refractivity contribution in [3.63, 3.8) is 0 Å². The van der Waals surface area contributed by atoms with Crippen LogP contribution in [0.25, 0.3) is 11.4 Å². The quantitative estimate of drug-likeness (QED) is 0.472. The van der Waals surface area contributed by atoms with Crippen molar-refractivity contribution in [1.29, 1.82) is 0 Å². The van der Waals surface area contributed by atoms with Gasteiger partial charge in [0.2, 0.25) is 10.0 Å². The van der Waals surface area contributed by atoms with Crippen LogP contribution in [0.15, 0.2) is 48.5 Å². The van der Waals surface area contributed by atoms with Gasteiger partial charge in [0, 0.05) is 50.8 Å². The highest BCUT2D eigenvalue weighted by Crippen LogP contribution is 2.30. The lowest BCUT2D eigenvalue weighted by Crippen LogP contribution is -2.49.